The van der Waals surface area contributed by atoms with Gasteiger partial charge in [-0.1, -0.05) is 6.07 Å². The van der Waals surface area contributed by atoms with Gasteiger partial charge in [-0.2, -0.15) is 0 Å². The number of rotatable bonds is 4. The van der Waals surface area contributed by atoms with Crippen molar-refractivity contribution in [3.8, 4) is 17.0 Å². The summed E-state index contributed by atoms with van der Waals surface area (Å²) >= 11 is 0. The van der Waals surface area contributed by atoms with Crippen LogP contribution in [0.15, 0.2) is 48.7 Å². The SMILES string of the molecule is COc1ccc(-c2cnc3n2C[C@@H]2CN(Cc4cccc(C)n4)C[C@@H]2C3)cc1. The van der Waals surface area contributed by atoms with Crippen molar-refractivity contribution in [3.63, 3.8) is 0 Å². The molecule has 0 spiro atoms. The summed E-state index contributed by atoms with van der Waals surface area (Å²) in [7, 11) is 1.70. The molecule has 0 amide bonds. The Morgan fingerprint density at radius 2 is 1.86 bits per heavy atom. The first-order chi connectivity index (χ1) is 13.7. The molecule has 5 nitrogen and oxygen atoms in total. The van der Waals surface area contributed by atoms with Crippen molar-refractivity contribution < 1.29 is 4.74 Å². The van der Waals surface area contributed by atoms with E-state index in [9.17, 15) is 0 Å². The van der Waals surface area contributed by atoms with Crippen LogP contribution < -0.4 is 4.74 Å². The fraction of sp³-hybridized carbons (Fsp3) is 0.391. The number of hydrogen-bond acceptors (Lipinski definition) is 4. The molecule has 144 valence electrons. The predicted molar refractivity (Wildman–Crippen MR) is 109 cm³/mol. The highest BCUT2D eigenvalue weighted by molar-refractivity contribution is 5.60. The Bertz CT molecular complexity index is 979. The van der Waals surface area contributed by atoms with Crippen LogP contribution >= 0.6 is 0 Å². The lowest BCUT2D eigenvalue weighted by Gasteiger charge is -2.27. The van der Waals surface area contributed by atoms with E-state index in [0.29, 0.717) is 11.8 Å². The Kier molecular flexibility index (Phi) is 4.40. The van der Waals surface area contributed by atoms with E-state index < -0.39 is 0 Å². The Morgan fingerprint density at radius 1 is 1.04 bits per heavy atom. The predicted octanol–water partition coefficient (Wildman–Crippen LogP) is 3.57. The van der Waals surface area contributed by atoms with Gasteiger partial charge in [-0.3, -0.25) is 9.88 Å². The molecule has 28 heavy (non-hydrogen) atoms. The van der Waals surface area contributed by atoms with Crippen molar-refractivity contribution in [1.29, 1.82) is 0 Å². The van der Waals surface area contributed by atoms with Crippen molar-refractivity contribution in [2.45, 2.75) is 26.4 Å². The van der Waals surface area contributed by atoms with Gasteiger partial charge in [0, 0.05) is 43.9 Å². The van der Waals surface area contributed by atoms with Gasteiger partial charge in [-0.05, 0) is 55.2 Å². The first kappa shape index (κ1) is 17.4. The Hall–Kier alpha value is -2.66. The van der Waals surface area contributed by atoms with Crippen LogP contribution in [0.3, 0.4) is 0 Å². The van der Waals surface area contributed by atoms with Crippen LogP contribution in [-0.4, -0.2) is 39.6 Å². The molecule has 0 unspecified atom stereocenters. The summed E-state index contributed by atoms with van der Waals surface area (Å²) in [6.07, 6.45) is 3.10. The zero-order valence-electron chi connectivity index (χ0n) is 16.5. The monoisotopic (exact) mass is 374 g/mol. The molecule has 0 saturated carbocycles. The molecule has 1 fully saturated rings. The second-order valence-corrected chi connectivity index (χ2v) is 8.09. The lowest BCUT2D eigenvalue weighted by atomic mass is 9.89. The fourth-order valence-corrected chi connectivity index (χ4v) is 4.76. The Morgan fingerprint density at radius 3 is 2.64 bits per heavy atom. The number of benzene rings is 1. The average molecular weight is 374 g/mol. The third-order valence-electron chi connectivity index (χ3n) is 6.17. The molecular formula is C23H26N4O. The van der Waals surface area contributed by atoms with Crippen molar-refractivity contribution in [3.05, 3.63) is 65.9 Å². The van der Waals surface area contributed by atoms with Gasteiger partial charge in [0.15, 0.2) is 0 Å². The minimum absolute atomic E-state index is 0.684. The molecule has 5 rings (SSSR count). The number of likely N-dealkylation sites (tertiary alicyclic amines) is 1. The summed E-state index contributed by atoms with van der Waals surface area (Å²) in [6.45, 7) is 6.35. The number of fused-ring (bicyclic) bond motifs is 2. The lowest BCUT2D eigenvalue weighted by Crippen LogP contribution is -2.28. The molecular weight excluding hydrogens is 348 g/mol. The van der Waals surface area contributed by atoms with Crippen molar-refractivity contribution in [2.24, 2.45) is 11.8 Å². The number of imidazole rings is 1. The van der Waals surface area contributed by atoms with Crippen LogP contribution in [0.1, 0.15) is 17.2 Å². The van der Waals surface area contributed by atoms with Crippen LogP contribution in [0.4, 0.5) is 0 Å². The number of hydrogen-bond donors (Lipinski definition) is 0. The first-order valence-electron chi connectivity index (χ1n) is 10.0. The third-order valence-corrected chi connectivity index (χ3v) is 6.17. The molecule has 0 aliphatic carbocycles. The Balaban J connectivity index is 1.33. The quantitative estimate of drug-likeness (QED) is 0.700. The molecule has 2 atom stereocenters. The maximum absolute atomic E-state index is 5.29. The molecule has 0 bridgehead atoms. The molecule has 0 radical (unpaired) electrons. The van der Waals surface area contributed by atoms with Crippen LogP contribution in [0.5, 0.6) is 5.75 Å². The summed E-state index contributed by atoms with van der Waals surface area (Å²) in [6, 6.07) is 14.6. The second kappa shape index (κ2) is 7.06. The zero-order chi connectivity index (χ0) is 19.1. The van der Waals surface area contributed by atoms with Gasteiger partial charge in [0.05, 0.1) is 24.7 Å². The molecule has 2 aliphatic rings. The molecule has 4 heterocycles. The molecule has 3 aromatic rings. The normalized spacial score (nSPS) is 21.4. The zero-order valence-corrected chi connectivity index (χ0v) is 16.5. The first-order valence-corrected chi connectivity index (χ1v) is 10.0. The van der Waals surface area contributed by atoms with Gasteiger partial charge in [0.2, 0.25) is 0 Å². The largest absolute Gasteiger partial charge is 0.497 e. The van der Waals surface area contributed by atoms with E-state index in [-0.39, 0.29) is 0 Å². The van der Waals surface area contributed by atoms with Gasteiger partial charge in [0.1, 0.15) is 11.6 Å². The molecule has 1 aromatic carbocycles. The molecule has 2 aromatic heterocycles. The Labute approximate surface area is 166 Å². The minimum Gasteiger partial charge on any atom is -0.497 e. The van der Waals surface area contributed by atoms with Gasteiger partial charge in [0.25, 0.3) is 0 Å². The van der Waals surface area contributed by atoms with E-state index in [0.717, 1.165) is 44.0 Å². The van der Waals surface area contributed by atoms with E-state index in [1.54, 1.807) is 7.11 Å². The molecule has 5 heteroatoms. The minimum atomic E-state index is 0.684. The van der Waals surface area contributed by atoms with Crippen molar-refractivity contribution in [2.75, 3.05) is 20.2 Å². The van der Waals surface area contributed by atoms with E-state index in [2.05, 4.69) is 51.7 Å². The van der Waals surface area contributed by atoms with Crippen LogP contribution in [0.2, 0.25) is 0 Å². The van der Waals surface area contributed by atoms with Crippen molar-refractivity contribution >= 4 is 0 Å². The summed E-state index contributed by atoms with van der Waals surface area (Å²) in [5.41, 5.74) is 4.69. The third kappa shape index (κ3) is 3.20. The highest BCUT2D eigenvalue weighted by Crippen LogP contribution is 2.36. The van der Waals surface area contributed by atoms with Gasteiger partial charge < -0.3 is 9.30 Å². The number of nitrogens with zero attached hydrogens (tertiary/aromatic N) is 4. The molecule has 2 aliphatic heterocycles. The van der Waals surface area contributed by atoms with Crippen LogP contribution in [-0.2, 0) is 19.5 Å². The van der Waals surface area contributed by atoms with Gasteiger partial charge >= 0.3 is 0 Å². The highest BCUT2D eigenvalue weighted by Gasteiger charge is 2.38. The maximum Gasteiger partial charge on any atom is 0.118 e. The smallest absolute Gasteiger partial charge is 0.118 e. The van der Waals surface area contributed by atoms with Crippen LogP contribution in [0.25, 0.3) is 11.3 Å². The lowest BCUT2D eigenvalue weighted by molar-refractivity contribution is 0.304. The standard InChI is InChI=1S/C23H26N4O/c1-16-4-3-5-20(25-16)15-26-12-18-10-23-24-11-22(27(23)14-19(18)13-26)17-6-8-21(28-2)9-7-17/h3-9,11,18-19H,10,12-15H2,1-2H3/t18-,19-/m0/s1. The summed E-state index contributed by atoms with van der Waals surface area (Å²) < 4.78 is 7.72. The highest BCUT2D eigenvalue weighted by atomic mass is 16.5. The summed E-state index contributed by atoms with van der Waals surface area (Å²) in [5.74, 6) is 3.49. The molecule has 0 N–H and O–H groups in total. The fourth-order valence-electron chi connectivity index (χ4n) is 4.76. The number of pyridine rings is 1. The second-order valence-electron chi connectivity index (χ2n) is 8.09. The van der Waals surface area contributed by atoms with Gasteiger partial charge in [-0.25, -0.2) is 4.98 Å². The van der Waals surface area contributed by atoms with Gasteiger partial charge in [-0.15, -0.1) is 0 Å². The van der Waals surface area contributed by atoms with E-state index in [1.165, 1.54) is 22.8 Å². The van der Waals surface area contributed by atoms with E-state index in [1.807, 2.05) is 18.3 Å². The number of aromatic nitrogens is 3. The van der Waals surface area contributed by atoms with E-state index >= 15 is 0 Å². The number of aryl methyl sites for hydroxylation is 1. The van der Waals surface area contributed by atoms with E-state index in [4.69, 9.17) is 9.72 Å². The maximum atomic E-state index is 5.29. The molecule has 1 saturated heterocycles. The summed E-state index contributed by atoms with van der Waals surface area (Å²) in [4.78, 5) is 12.0. The van der Waals surface area contributed by atoms with Crippen LogP contribution in [0, 0.1) is 18.8 Å². The summed E-state index contributed by atoms with van der Waals surface area (Å²) in [5, 5.41) is 0. The number of methoxy groups -OCH3 is 1. The number of ether oxygens (including phenoxy) is 1. The van der Waals surface area contributed by atoms with Crippen molar-refractivity contribution in [1.82, 2.24) is 19.4 Å². The average Bonchev–Trinajstić information content (AvgIpc) is 3.28. The topological polar surface area (TPSA) is 43.2 Å².